The Morgan fingerprint density at radius 1 is 1.12 bits per heavy atom. The second-order valence-electron chi connectivity index (χ2n) is 10.0. The Labute approximate surface area is 200 Å². The van der Waals surface area contributed by atoms with E-state index in [-0.39, 0.29) is 0 Å². The van der Waals surface area contributed by atoms with Crippen LogP contribution < -0.4 is 10.2 Å². The van der Waals surface area contributed by atoms with Gasteiger partial charge < -0.3 is 15.2 Å². The van der Waals surface area contributed by atoms with Gasteiger partial charge in [0, 0.05) is 60.6 Å². The van der Waals surface area contributed by atoms with Crippen molar-refractivity contribution in [1.82, 2.24) is 30.2 Å². The lowest BCUT2D eigenvalue weighted by Crippen LogP contribution is -2.44. The first-order chi connectivity index (χ1) is 16.6. The van der Waals surface area contributed by atoms with Crippen LogP contribution in [0.4, 0.5) is 5.82 Å². The Kier molecular flexibility index (Phi) is 5.44. The van der Waals surface area contributed by atoms with E-state index < -0.39 is 0 Å². The van der Waals surface area contributed by atoms with Gasteiger partial charge in [0.2, 0.25) is 0 Å². The van der Waals surface area contributed by atoms with Crippen LogP contribution in [-0.2, 0) is 0 Å². The van der Waals surface area contributed by atoms with Crippen LogP contribution in [0.2, 0.25) is 0 Å². The standard InChI is InChI=1S/C27H33N7/c1-4-16(2)17(3)22-13-20-19(7-8-30-25(20)31-22)26-32-23-15-29-14-21(18-5-6-18)24(23)27(33-26)34-11-9-28-10-12-34/h7-8,13-18,28H,4-6,9-12H2,1-3H3,(H,30,31)/t16?,17-/m0/s1. The summed E-state index contributed by atoms with van der Waals surface area (Å²) in [7, 11) is 0. The molecule has 5 heterocycles. The van der Waals surface area contributed by atoms with E-state index >= 15 is 0 Å². The highest BCUT2D eigenvalue weighted by atomic mass is 15.2. The van der Waals surface area contributed by atoms with Crippen molar-refractivity contribution in [3.63, 3.8) is 0 Å². The third-order valence-electron chi connectivity index (χ3n) is 7.83. The van der Waals surface area contributed by atoms with Crippen molar-refractivity contribution in [2.75, 3.05) is 31.1 Å². The summed E-state index contributed by atoms with van der Waals surface area (Å²) in [5.41, 5.74) is 5.41. The summed E-state index contributed by atoms with van der Waals surface area (Å²) in [5.74, 6) is 3.43. The number of piperazine rings is 1. The van der Waals surface area contributed by atoms with Gasteiger partial charge in [-0.15, -0.1) is 0 Å². The molecule has 1 aliphatic carbocycles. The van der Waals surface area contributed by atoms with E-state index in [1.54, 1.807) is 0 Å². The smallest absolute Gasteiger partial charge is 0.163 e. The van der Waals surface area contributed by atoms with Gasteiger partial charge in [-0.1, -0.05) is 27.2 Å². The van der Waals surface area contributed by atoms with Gasteiger partial charge in [-0.25, -0.2) is 15.0 Å². The van der Waals surface area contributed by atoms with Gasteiger partial charge >= 0.3 is 0 Å². The Morgan fingerprint density at radius 3 is 2.71 bits per heavy atom. The van der Waals surface area contributed by atoms with Crippen molar-refractivity contribution >= 4 is 27.8 Å². The largest absolute Gasteiger partial charge is 0.353 e. The fourth-order valence-electron chi connectivity index (χ4n) is 5.17. The average Bonchev–Trinajstić information content (AvgIpc) is 3.64. The molecule has 4 aromatic rings. The minimum atomic E-state index is 0.436. The zero-order valence-corrected chi connectivity index (χ0v) is 20.3. The lowest BCUT2D eigenvalue weighted by molar-refractivity contribution is 0.467. The monoisotopic (exact) mass is 455 g/mol. The summed E-state index contributed by atoms with van der Waals surface area (Å²) in [6, 6.07) is 4.31. The lowest BCUT2D eigenvalue weighted by Gasteiger charge is -2.30. The number of nitrogens with zero attached hydrogens (tertiary/aromatic N) is 5. The maximum absolute atomic E-state index is 5.24. The molecule has 2 fully saturated rings. The summed E-state index contributed by atoms with van der Waals surface area (Å²) >= 11 is 0. The van der Waals surface area contributed by atoms with Crippen molar-refractivity contribution in [2.24, 2.45) is 5.92 Å². The number of aromatic amines is 1. The van der Waals surface area contributed by atoms with Gasteiger partial charge in [-0.05, 0) is 48.3 Å². The van der Waals surface area contributed by atoms with Crippen LogP contribution in [0, 0.1) is 5.92 Å². The van der Waals surface area contributed by atoms with Crippen LogP contribution in [0.1, 0.15) is 63.1 Å². The quantitative estimate of drug-likeness (QED) is 0.426. The highest BCUT2D eigenvalue weighted by Gasteiger charge is 2.29. The number of aromatic nitrogens is 5. The fraction of sp³-hybridized carbons (Fsp3) is 0.481. The van der Waals surface area contributed by atoms with Crippen LogP contribution in [0.3, 0.4) is 0 Å². The highest BCUT2D eigenvalue weighted by molar-refractivity contribution is 5.97. The summed E-state index contributed by atoms with van der Waals surface area (Å²) in [4.78, 5) is 25.5. The molecule has 2 N–H and O–H groups in total. The topological polar surface area (TPSA) is 82.6 Å². The molecule has 176 valence electrons. The number of hydrogen-bond acceptors (Lipinski definition) is 6. The van der Waals surface area contributed by atoms with E-state index in [1.165, 1.54) is 29.5 Å². The van der Waals surface area contributed by atoms with Gasteiger partial charge in [-0.2, -0.15) is 0 Å². The summed E-state index contributed by atoms with van der Waals surface area (Å²) in [6.45, 7) is 10.7. The zero-order chi connectivity index (χ0) is 23.2. The van der Waals surface area contributed by atoms with E-state index in [9.17, 15) is 0 Å². The van der Waals surface area contributed by atoms with Crippen molar-refractivity contribution < 1.29 is 0 Å². The molecule has 0 spiro atoms. The van der Waals surface area contributed by atoms with E-state index in [4.69, 9.17) is 9.97 Å². The normalized spacial score (nSPS) is 18.5. The number of rotatable bonds is 6. The number of pyridine rings is 2. The van der Waals surface area contributed by atoms with Crippen LogP contribution in [0.25, 0.3) is 33.3 Å². The van der Waals surface area contributed by atoms with E-state index in [1.807, 2.05) is 18.6 Å². The van der Waals surface area contributed by atoms with Gasteiger partial charge in [0.25, 0.3) is 0 Å². The van der Waals surface area contributed by atoms with E-state index in [0.29, 0.717) is 17.8 Å². The predicted molar refractivity (Wildman–Crippen MR) is 137 cm³/mol. The Hall–Kier alpha value is -3.06. The second-order valence-corrected chi connectivity index (χ2v) is 10.0. The van der Waals surface area contributed by atoms with Crippen LogP contribution in [0.5, 0.6) is 0 Å². The fourth-order valence-corrected chi connectivity index (χ4v) is 5.17. The van der Waals surface area contributed by atoms with Crippen LogP contribution in [-0.4, -0.2) is 51.1 Å². The molecule has 0 aromatic carbocycles. The van der Waals surface area contributed by atoms with E-state index in [2.05, 4.69) is 58.1 Å². The molecule has 0 bridgehead atoms. The summed E-state index contributed by atoms with van der Waals surface area (Å²) in [6.07, 6.45) is 9.42. The molecule has 7 heteroatoms. The van der Waals surface area contributed by atoms with Gasteiger partial charge in [0.15, 0.2) is 5.82 Å². The molecular formula is C27H33N7. The van der Waals surface area contributed by atoms with Crippen molar-refractivity contribution in [2.45, 2.75) is 51.9 Å². The molecule has 1 saturated carbocycles. The van der Waals surface area contributed by atoms with Gasteiger partial charge in [0.05, 0.1) is 11.7 Å². The molecule has 1 aliphatic heterocycles. The second kappa shape index (κ2) is 8.62. The minimum Gasteiger partial charge on any atom is -0.353 e. The molecule has 2 aliphatic rings. The molecule has 7 nitrogen and oxygen atoms in total. The Morgan fingerprint density at radius 2 is 1.94 bits per heavy atom. The summed E-state index contributed by atoms with van der Waals surface area (Å²) in [5, 5.41) is 5.75. The third kappa shape index (κ3) is 3.72. The number of hydrogen-bond donors (Lipinski definition) is 2. The molecule has 0 amide bonds. The maximum atomic E-state index is 5.24. The van der Waals surface area contributed by atoms with Crippen LogP contribution >= 0.6 is 0 Å². The molecule has 0 radical (unpaired) electrons. The van der Waals surface area contributed by atoms with Crippen molar-refractivity contribution in [3.05, 3.63) is 42.0 Å². The molecule has 1 unspecified atom stereocenters. The number of nitrogens with one attached hydrogen (secondary N) is 2. The highest BCUT2D eigenvalue weighted by Crippen LogP contribution is 2.45. The number of fused-ring (bicyclic) bond motifs is 2. The zero-order valence-electron chi connectivity index (χ0n) is 20.3. The molecule has 2 atom stereocenters. The van der Waals surface area contributed by atoms with Crippen molar-refractivity contribution in [1.29, 1.82) is 0 Å². The van der Waals surface area contributed by atoms with Gasteiger partial charge in [0.1, 0.15) is 11.5 Å². The molecule has 6 rings (SSSR count). The number of H-pyrrole nitrogens is 1. The van der Waals surface area contributed by atoms with Crippen molar-refractivity contribution in [3.8, 4) is 11.4 Å². The summed E-state index contributed by atoms with van der Waals surface area (Å²) < 4.78 is 0. The molecular weight excluding hydrogens is 422 g/mol. The molecule has 1 saturated heterocycles. The number of anilines is 1. The molecule has 34 heavy (non-hydrogen) atoms. The SMILES string of the molecule is CCC(C)[C@H](C)c1cc2c(-c3nc(N4CCNCC4)c4c(C5CC5)cncc4n3)ccnc2[nH]1. The predicted octanol–water partition coefficient (Wildman–Crippen LogP) is 5.00. The first kappa shape index (κ1) is 21.5. The molecule has 4 aromatic heterocycles. The first-order valence-corrected chi connectivity index (χ1v) is 12.7. The minimum absolute atomic E-state index is 0.436. The Bertz CT molecular complexity index is 1330. The maximum Gasteiger partial charge on any atom is 0.163 e. The lowest BCUT2D eigenvalue weighted by atomic mass is 9.91. The van der Waals surface area contributed by atoms with Crippen LogP contribution in [0.15, 0.2) is 30.7 Å². The van der Waals surface area contributed by atoms with E-state index in [0.717, 1.165) is 66.4 Å². The average molecular weight is 456 g/mol. The first-order valence-electron chi connectivity index (χ1n) is 12.7. The van der Waals surface area contributed by atoms with Gasteiger partial charge in [-0.3, -0.25) is 4.98 Å². The Balaban J connectivity index is 1.53. The third-order valence-corrected chi connectivity index (χ3v) is 7.83.